The van der Waals surface area contributed by atoms with Gasteiger partial charge in [-0.15, -0.1) is 0 Å². The van der Waals surface area contributed by atoms with Crippen LogP contribution in [0.4, 0.5) is 15.3 Å². The van der Waals surface area contributed by atoms with E-state index in [9.17, 15) is 24.3 Å². The fourth-order valence-corrected chi connectivity index (χ4v) is 8.26. The number of phenolic OH excluding ortho intramolecular Hbond substituents is 1. The van der Waals surface area contributed by atoms with E-state index in [1.54, 1.807) is 12.0 Å². The van der Waals surface area contributed by atoms with Gasteiger partial charge in [-0.3, -0.25) is 19.4 Å². The van der Waals surface area contributed by atoms with Crippen molar-refractivity contribution < 1.29 is 38.5 Å². The number of hydrogen-bond acceptors (Lipinski definition) is 10. The first-order chi connectivity index (χ1) is 26.1. The zero-order chi connectivity index (χ0) is 38.2. The molecule has 14 nitrogen and oxygen atoms in total. The summed E-state index contributed by atoms with van der Waals surface area (Å²) in [4.78, 5) is 63.1. The van der Waals surface area contributed by atoms with Crippen LogP contribution in [0.15, 0.2) is 36.4 Å². The number of ether oxygens (including phenoxy) is 3. The third-order valence-corrected chi connectivity index (χ3v) is 11.4. The van der Waals surface area contributed by atoms with Gasteiger partial charge < -0.3 is 39.3 Å². The van der Waals surface area contributed by atoms with Crippen molar-refractivity contribution in [3.05, 3.63) is 58.7 Å². The highest BCUT2D eigenvalue weighted by atomic mass is 16.6. The molecule has 3 fully saturated rings. The molecule has 4 aliphatic rings. The number of piperidine rings is 2. The van der Waals surface area contributed by atoms with Crippen molar-refractivity contribution >= 4 is 29.7 Å². The molecule has 6 rings (SSSR count). The Balaban J connectivity index is 0.00000580. The average Bonchev–Trinajstić information content (AvgIpc) is 3.35. The van der Waals surface area contributed by atoms with Gasteiger partial charge in [0.25, 0.3) is 5.91 Å². The highest BCUT2D eigenvalue weighted by Gasteiger charge is 2.37. The Bertz CT molecular complexity index is 1610. The van der Waals surface area contributed by atoms with Crippen molar-refractivity contribution in [2.24, 2.45) is 0 Å². The average molecular weight is 765 g/mol. The number of phenols is 1. The lowest BCUT2D eigenvalue weighted by Gasteiger charge is -2.43. The number of rotatable bonds is 11. The van der Waals surface area contributed by atoms with Gasteiger partial charge in [0.1, 0.15) is 12.4 Å². The predicted molar refractivity (Wildman–Crippen MR) is 209 cm³/mol. The molecule has 1 atom stereocenters. The quantitative estimate of drug-likeness (QED) is 0.254. The van der Waals surface area contributed by atoms with Gasteiger partial charge in [-0.05, 0) is 74.3 Å². The third-order valence-electron chi connectivity index (χ3n) is 11.4. The van der Waals surface area contributed by atoms with E-state index in [4.69, 9.17) is 14.2 Å². The van der Waals surface area contributed by atoms with E-state index >= 15 is 0 Å². The molecule has 302 valence electrons. The number of esters is 1. The second kappa shape index (κ2) is 19.5. The summed E-state index contributed by atoms with van der Waals surface area (Å²) in [5, 5.41) is 13.4. The minimum atomic E-state index is -1.02. The lowest BCUT2D eigenvalue weighted by molar-refractivity contribution is -0.146. The summed E-state index contributed by atoms with van der Waals surface area (Å²) in [5.41, 5.74) is 4.18. The smallest absolute Gasteiger partial charge is 0.410 e. The molecular weight excluding hydrogens is 704 g/mol. The molecule has 0 spiro atoms. The summed E-state index contributed by atoms with van der Waals surface area (Å²) in [6.07, 6.45) is 2.28. The lowest BCUT2D eigenvalue weighted by Crippen LogP contribution is -2.55. The zero-order valence-corrected chi connectivity index (χ0v) is 32.0. The summed E-state index contributed by atoms with van der Waals surface area (Å²) in [5.74, 6) is -0.232. The van der Waals surface area contributed by atoms with Crippen LogP contribution >= 0.6 is 0 Å². The first-order valence-electron chi connectivity index (χ1n) is 19.4. The number of nitrogens with one attached hydrogen (secondary N) is 1. The minimum absolute atomic E-state index is 0. The molecule has 2 N–H and O–H groups in total. The topological polar surface area (TPSA) is 144 Å². The number of piperazine rings is 1. The fourth-order valence-electron chi connectivity index (χ4n) is 8.26. The van der Waals surface area contributed by atoms with E-state index in [1.165, 1.54) is 0 Å². The Labute approximate surface area is 325 Å². The van der Waals surface area contributed by atoms with E-state index in [-0.39, 0.29) is 56.7 Å². The van der Waals surface area contributed by atoms with Crippen LogP contribution in [0.3, 0.4) is 0 Å². The van der Waals surface area contributed by atoms with Crippen LogP contribution < -0.4 is 5.32 Å². The van der Waals surface area contributed by atoms with E-state index in [1.807, 2.05) is 60.0 Å². The van der Waals surface area contributed by atoms with Crippen molar-refractivity contribution in [3.8, 4) is 5.75 Å². The maximum absolute atomic E-state index is 14.2. The first-order valence-corrected chi connectivity index (χ1v) is 19.4. The van der Waals surface area contributed by atoms with Gasteiger partial charge in [-0.25, -0.2) is 9.59 Å². The van der Waals surface area contributed by atoms with Crippen LogP contribution in [0.1, 0.15) is 55.4 Å². The number of amides is 4. The maximum atomic E-state index is 14.2. The van der Waals surface area contributed by atoms with E-state index in [0.29, 0.717) is 69.3 Å². The summed E-state index contributed by atoms with van der Waals surface area (Å²) in [6.45, 7) is 10.4. The van der Waals surface area contributed by atoms with Gasteiger partial charge >= 0.3 is 18.1 Å². The van der Waals surface area contributed by atoms with Crippen LogP contribution in [0.25, 0.3) is 0 Å². The number of para-hydroxylation sites is 1. The van der Waals surface area contributed by atoms with Gasteiger partial charge in [0.05, 0.1) is 13.2 Å². The number of anilines is 1. The molecular formula is C41H60N6O8. The number of nitrogens with zero attached hydrogens (tertiary/aromatic N) is 5. The monoisotopic (exact) mass is 764 g/mol. The van der Waals surface area contributed by atoms with E-state index in [0.717, 1.165) is 62.3 Å². The van der Waals surface area contributed by atoms with E-state index in [2.05, 4.69) is 15.1 Å². The van der Waals surface area contributed by atoms with Crippen LogP contribution in [-0.2, 0) is 36.6 Å². The van der Waals surface area contributed by atoms with Crippen LogP contribution in [0.5, 0.6) is 5.75 Å². The van der Waals surface area contributed by atoms with Crippen LogP contribution in [0, 0.1) is 13.8 Å². The number of carbonyl (C=O) groups is 4. The highest BCUT2D eigenvalue weighted by Crippen LogP contribution is 2.28. The van der Waals surface area contributed by atoms with Crippen LogP contribution in [-0.4, -0.2) is 158 Å². The molecule has 2 aromatic carbocycles. The van der Waals surface area contributed by atoms with Crippen molar-refractivity contribution in [2.45, 2.75) is 78.0 Å². The minimum Gasteiger partial charge on any atom is -0.507 e. The van der Waals surface area contributed by atoms with Crippen molar-refractivity contribution in [1.82, 2.24) is 24.5 Å². The molecule has 0 saturated carbocycles. The predicted octanol–water partition coefficient (Wildman–Crippen LogP) is 4.05. The fraction of sp³-hybridized carbons (Fsp3) is 0.610. The molecule has 0 aliphatic carbocycles. The maximum Gasteiger partial charge on any atom is 0.410 e. The van der Waals surface area contributed by atoms with Gasteiger partial charge in [-0.2, -0.15) is 0 Å². The van der Waals surface area contributed by atoms with E-state index < -0.39 is 12.2 Å². The normalized spacial score (nSPS) is 19.5. The first kappa shape index (κ1) is 41.8. The highest BCUT2D eigenvalue weighted by molar-refractivity contribution is 5.91. The number of aromatic hydroxyl groups is 1. The Kier molecular flexibility index (Phi) is 14.8. The number of hydrogen-bond donors (Lipinski definition) is 2. The lowest BCUT2D eigenvalue weighted by atomic mass is 9.98. The molecule has 14 heteroatoms. The number of carbonyl (C=O) groups excluding carboxylic acids is 4. The summed E-state index contributed by atoms with van der Waals surface area (Å²) in [6, 6.07) is 11.8. The van der Waals surface area contributed by atoms with Gasteiger partial charge in [0, 0.05) is 90.2 Å². The Morgan fingerprint density at radius 2 is 1.49 bits per heavy atom. The van der Waals surface area contributed by atoms with Gasteiger partial charge in [0.2, 0.25) is 0 Å². The van der Waals surface area contributed by atoms with Crippen molar-refractivity contribution in [1.29, 1.82) is 0 Å². The number of aryl methyl sites for hydroxylation is 2. The van der Waals surface area contributed by atoms with Gasteiger partial charge in [-0.1, -0.05) is 37.8 Å². The third kappa shape index (κ3) is 10.7. The standard InChI is InChI=1S/C40H56N6O8.CH4/c1-28-24-30(25-29(2)37(28)48)26-35(38(49)44-13-9-32(10-14-44)43-20-18-42(19-21-43)27-36(47)53-23-22-52-3)54-40(51)45-15-11-33(12-16-45)46-17-8-31-6-4-5-7-34(31)41-39(46)50;/h4-7,24-25,32-33,35,48H,8-23,26-27H2,1-3H3,(H,41,50);1H4/t35-;/m1./s1. The molecule has 55 heavy (non-hydrogen) atoms. The molecule has 4 amide bonds. The number of methoxy groups -OCH3 is 1. The summed E-state index contributed by atoms with van der Waals surface area (Å²) >= 11 is 0. The van der Waals surface area contributed by atoms with Crippen LogP contribution in [0.2, 0.25) is 0 Å². The molecule has 0 aromatic heterocycles. The molecule has 3 saturated heterocycles. The molecule has 4 heterocycles. The second-order valence-electron chi connectivity index (χ2n) is 15.0. The van der Waals surface area contributed by atoms with Gasteiger partial charge in [0.15, 0.2) is 6.10 Å². The Hall–Kier alpha value is -4.40. The number of benzene rings is 2. The van der Waals surface area contributed by atoms with Crippen molar-refractivity contribution in [2.75, 3.05) is 91.1 Å². The summed E-state index contributed by atoms with van der Waals surface area (Å²) < 4.78 is 16.2. The summed E-state index contributed by atoms with van der Waals surface area (Å²) in [7, 11) is 1.57. The number of fused-ring (bicyclic) bond motifs is 1. The number of urea groups is 1. The SMILES string of the molecule is C.COCCOC(=O)CN1CCN(C2CCN(C(=O)[C@@H](Cc3cc(C)c(O)c(C)c3)OC(=O)N3CCC(N4CCc5ccccc5NC4=O)CC3)CC2)CC1. The Morgan fingerprint density at radius 3 is 2.16 bits per heavy atom. The zero-order valence-electron chi connectivity index (χ0n) is 32.0. The Morgan fingerprint density at radius 1 is 0.855 bits per heavy atom. The molecule has 2 aromatic rings. The molecule has 0 radical (unpaired) electrons. The number of likely N-dealkylation sites (tertiary alicyclic amines) is 2. The molecule has 0 bridgehead atoms. The molecule has 0 unspecified atom stereocenters. The largest absolute Gasteiger partial charge is 0.507 e. The second-order valence-corrected chi connectivity index (χ2v) is 15.0. The molecule has 4 aliphatic heterocycles. The van der Waals surface area contributed by atoms with Crippen molar-refractivity contribution in [3.63, 3.8) is 0 Å².